The second-order valence-electron chi connectivity index (χ2n) is 4.84. The smallest absolute Gasteiger partial charge is 0.333 e. The lowest BCUT2D eigenvalue weighted by Crippen LogP contribution is -2.23. The molecule has 1 N–H and O–H groups in total. The maximum atomic E-state index is 11.1. The van der Waals surface area contributed by atoms with Crippen molar-refractivity contribution in [3.05, 3.63) is 15.8 Å². The molecule has 0 radical (unpaired) electrons. The lowest BCUT2D eigenvalue weighted by molar-refractivity contribution is -0.384. The molecule has 0 aliphatic carbocycles. The van der Waals surface area contributed by atoms with Crippen LogP contribution in [0.25, 0.3) is 0 Å². The number of carboxylic acids is 1. The number of carbonyl (C=O) groups is 1. The van der Waals surface area contributed by atoms with Gasteiger partial charge in [0.15, 0.2) is 0 Å². The van der Waals surface area contributed by atoms with Gasteiger partial charge >= 0.3 is 11.7 Å². The number of hydrogen-bond acceptors (Lipinski definition) is 5. The summed E-state index contributed by atoms with van der Waals surface area (Å²) in [5.74, 6) is -0.328. The van der Waals surface area contributed by atoms with Crippen molar-refractivity contribution in [2.24, 2.45) is 13.0 Å². The van der Waals surface area contributed by atoms with Crippen LogP contribution in [-0.4, -0.2) is 38.9 Å². The zero-order valence-electron chi connectivity index (χ0n) is 10.9. The number of nitrogens with zero attached hydrogens (tertiary/aromatic N) is 4. The molecule has 8 heteroatoms. The van der Waals surface area contributed by atoms with Gasteiger partial charge in [-0.05, 0) is 19.3 Å². The molecule has 8 nitrogen and oxygen atoms in total. The lowest BCUT2D eigenvalue weighted by atomic mass is 10.1. The molecule has 1 aromatic rings. The Balaban J connectivity index is 2.24. The van der Waals surface area contributed by atoms with E-state index in [0.717, 1.165) is 6.42 Å². The predicted molar refractivity (Wildman–Crippen MR) is 67.2 cm³/mol. The molecule has 1 fully saturated rings. The summed E-state index contributed by atoms with van der Waals surface area (Å²) in [5.41, 5.74) is 0.391. The molecular formula is C11H16N4O4. The third kappa shape index (κ3) is 2.51. The minimum Gasteiger partial charge on any atom is -0.481 e. The number of aromatic nitrogens is 2. The summed E-state index contributed by atoms with van der Waals surface area (Å²) in [5, 5.41) is 24.0. The van der Waals surface area contributed by atoms with Gasteiger partial charge in [0.2, 0.25) is 5.82 Å². The van der Waals surface area contributed by atoms with Crippen molar-refractivity contribution in [2.75, 3.05) is 18.0 Å². The van der Waals surface area contributed by atoms with Crippen molar-refractivity contribution in [3.63, 3.8) is 0 Å². The Bertz CT molecular complexity index is 525. The first-order chi connectivity index (χ1) is 8.90. The van der Waals surface area contributed by atoms with E-state index in [9.17, 15) is 14.9 Å². The molecular weight excluding hydrogens is 252 g/mol. The molecule has 2 heterocycles. The third-order valence-corrected chi connectivity index (χ3v) is 3.39. The molecule has 0 spiro atoms. The van der Waals surface area contributed by atoms with Crippen LogP contribution < -0.4 is 4.90 Å². The van der Waals surface area contributed by atoms with E-state index in [1.807, 2.05) is 4.90 Å². The molecule has 2 rings (SSSR count). The standard InChI is InChI=1S/C11H16N4O4/c1-7-10(15(18)19)11(13(2)12-7)14-4-3-8(6-14)5-9(16)17/h8H,3-6H2,1-2H3,(H,16,17). The maximum Gasteiger partial charge on any atom is 0.333 e. The molecule has 1 aliphatic heterocycles. The first-order valence-electron chi connectivity index (χ1n) is 6.05. The highest BCUT2D eigenvalue weighted by Gasteiger charge is 2.33. The Hall–Kier alpha value is -2.12. The van der Waals surface area contributed by atoms with E-state index in [1.54, 1.807) is 14.0 Å². The largest absolute Gasteiger partial charge is 0.481 e. The average Bonchev–Trinajstić information content (AvgIpc) is 2.81. The topological polar surface area (TPSA) is 102 Å². The molecule has 104 valence electrons. The number of nitro groups is 1. The SMILES string of the molecule is Cc1nn(C)c(N2CCC(CC(=O)O)C2)c1[N+](=O)[O-]. The van der Waals surface area contributed by atoms with Crippen molar-refractivity contribution in [3.8, 4) is 0 Å². The van der Waals surface area contributed by atoms with Gasteiger partial charge in [-0.2, -0.15) is 5.10 Å². The normalized spacial score (nSPS) is 18.8. The highest BCUT2D eigenvalue weighted by atomic mass is 16.6. The second-order valence-corrected chi connectivity index (χ2v) is 4.84. The van der Waals surface area contributed by atoms with Crippen molar-refractivity contribution in [1.82, 2.24) is 9.78 Å². The number of carboxylic acid groups (broad SMARTS) is 1. The average molecular weight is 268 g/mol. The van der Waals surface area contributed by atoms with Crippen molar-refractivity contribution in [2.45, 2.75) is 19.8 Å². The molecule has 0 saturated carbocycles. The highest BCUT2D eigenvalue weighted by molar-refractivity contribution is 5.67. The Morgan fingerprint density at radius 1 is 1.63 bits per heavy atom. The zero-order valence-corrected chi connectivity index (χ0v) is 10.9. The lowest BCUT2D eigenvalue weighted by Gasteiger charge is -2.17. The quantitative estimate of drug-likeness (QED) is 0.644. The number of aliphatic carboxylic acids is 1. The Labute approximate surface area is 109 Å². The van der Waals surface area contributed by atoms with Crippen LogP contribution in [0.3, 0.4) is 0 Å². The predicted octanol–water partition coefficient (Wildman–Crippen LogP) is 0.938. The summed E-state index contributed by atoms with van der Waals surface area (Å²) in [6.45, 7) is 2.75. The van der Waals surface area contributed by atoms with Crippen LogP contribution in [0.15, 0.2) is 0 Å². The molecule has 1 unspecified atom stereocenters. The van der Waals surface area contributed by atoms with Crippen LogP contribution in [0.1, 0.15) is 18.5 Å². The number of anilines is 1. The van der Waals surface area contributed by atoms with Gasteiger partial charge in [-0.3, -0.25) is 14.9 Å². The van der Waals surface area contributed by atoms with E-state index in [0.29, 0.717) is 24.6 Å². The van der Waals surface area contributed by atoms with Crippen LogP contribution in [0.5, 0.6) is 0 Å². The zero-order chi connectivity index (χ0) is 14.2. The van der Waals surface area contributed by atoms with Crippen molar-refractivity contribution >= 4 is 17.5 Å². The van der Waals surface area contributed by atoms with E-state index in [1.165, 1.54) is 4.68 Å². The van der Waals surface area contributed by atoms with E-state index >= 15 is 0 Å². The van der Waals surface area contributed by atoms with Gasteiger partial charge in [0.25, 0.3) is 0 Å². The Morgan fingerprint density at radius 2 is 2.32 bits per heavy atom. The maximum absolute atomic E-state index is 11.1. The van der Waals surface area contributed by atoms with Gasteiger partial charge in [0.1, 0.15) is 5.69 Å². The van der Waals surface area contributed by atoms with Crippen LogP contribution in [0.2, 0.25) is 0 Å². The molecule has 0 aromatic carbocycles. The minimum atomic E-state index is -0.831. The van der Waals surface area contributed by atoms with Gasteiger partial charge in [-0.1, -0.05) is 0 Å². The molecule has 1 saturated heterocycles. The van der Waals surface area contributed by atoms with Crippen molar-refractivity contribution in [1.29, 1.82) is 0 Å². The highest BCUT2D eigenvalue weighted by Crippen LogP contribution is 2.34. The van der Waals surface area contributed by atoms with Gasteiger partial charge in [-0.15, -0.1) is 0 Å². The summed E-state index contributed by atoms with van der Waals surface area (Å²) in [6.07, 6.45) is 0.828. The number of aryl methyl sites for hydroxylation is 2. The fraction of sp³-hybridized carbons (Fsp3) is 0.636. The number of rotatable bonds is 4. The third-order valence-electron chi connectivity index (χ3n) is 3.39. The first-order valence-corrected chi connectivity index (χ1v) is 6.05. The van der Waals surface area contributed by atoms with Gasteiger partial charge < -0.3 is 10.0 Å². The molecule has 0 bridgehead atoms. The molecule has 1 atom stereocenters. The molecule has 1 aliphatic rings. The van der Waals surface area contributed by atoms with Gasteiger partial charge in [0, 0.05) is 26.6 Å². The van der Waals surface area contributed by atoms with Crippen molar-refractivity contribution < 1.29 is 14.8 Å². The molecule has 1 aromatic heterocycles. The van der Waals surface area contributed by atoms with E-state index in [-0.39, 0.29) is 18.0 Å². The fourth-order valence-corrected chi connectivity index (χ4v) is 2.64. The van der Waals surface area contributed by atoms with Crippen LogP contribution >= 0.6 is 0 Å². The Morgan fingerprint density at radius 3 is 2.89 bits per heavy atom. The van der Waals surface area contributed by atoms with E-state index < -0.39 is 10.9 Å². The summed E-state index contributed by atoms with van der Waals surface area (Å²) in [7, 11) is 1.67. The minimum absolute atomic E-state index is 0.0125. The Kier molecular flexibility index (Phi) is 3.41. The summed E-state index contributed by atoms with van der Waals surface area (Å²) in [6, 6.07) is 0. The van der Waals surface area contributed by atoms with E-state index in [4.69, 9.17) is 5.11 Å². The fourth-order valence-electron chi connectivity index (χ4n) is 2.64. The summed E-state index contributed by atoms with van der Waals surface area (Å²) < 4.78 is 1.50. The van der Waals surface area contributed by atoms with E-state index in [2.05, 4.69) is 5.10 Å². The van der Waals surface area contributed by atoms with Gasteiger partial charge in [-0.25, -0.2) is 4.68 Å². The second kappa shape index (κ2) is 4.87. The molecule has 0 amide bonds. The monoisotopic (exact) mass is 268 g/mol. The molecule has 19 heavy (non-hydrogen) atoms. The van der Waals surface area contributed by atoms with Crippen LogP contribution in [0.4, 0.5) is 11.5 Å². The first kappa shape index (κ1) is 13.3. The number of hydrogen-bond donors (Lipinski definition) is 1. The summed E-state index contributed by atoms with van der Waals surface area (Å²) in [4.78, 5) is 23.2. The van der Waals surface area contributed by atoms with Gasteiger partial charge in [0.05, 0.1) is 4.92 Å². The van der Waals surface area contributed by atoms with Crippen LogP contribution in [-0.2, 0) is 11.8 Å². The summed E-state index contributed by atoms with van der Waals surface area (Å²) >= 11 is 0. The van der Waals surface area contributed by atoms with Crippen LogP contribution in [0, 0.1) is 23.0 Å².